The molecule has 2 N–H and O–H groups in total. The molecule has 0 aromatic heterocycles. The maximum absolute atomic E-state index is 12.7. The van der Waals surface area contributed by atoms with Gasteiger partial charge in [-0.05, 0) is 48.9 Å². The summed E-state index contributed by atoms with van der Waals surface area (Å²) in [5.41, 5.74) is 7.40. The number of amides is 1. The molecule has 2 aliphatic rings. The highest BCUT2D eigenvalue weighted by atomic mass is 79.9. The molecule has 1 heterocycles. The van der Waals surface area contributed by atoms with E-state index >= 15 is 0 Å². The summed E-state index contributed by atoms with van der Waals surface area (Å²) in [5.74, 6) is 1.68. The smallest absolute Gasteiger partial charge is 0.223 e. The fourth-order valence-electron chi connectivity index (χ4n) is 3.61. The number of carbonyl (C=O) groups excluding carboxylic acids is 1. The number of thioether (sulfide) groups is 1. The van der Waals surface area contributed by atoms with Gasteiger partial charge in [-0.2, -0.15) is 0 Å². The lowest BCUT2D eigenvalue weighted by Crippen LogP contribution is -2.36. The van der Waals surface area contributed by atoms with Gasteiger partial charge >= 0.3 is 0 Å². The highest BCUT2D eigenvalue weighted by molar-refractivity contribution is 9.10. The Balaban J connectivity index is 1.74. The van der Waals surface area contributed by atoms with Crippen molar-refractivity contribution in [2.45, 2.75) is 49.1 Å². The zero-order chi connectivity index (χ0) is 15.7. The van der Waals surface area contributed by atoms with Crippen LogP contribution in [0.1, 0.15) is 43.7 Å². The Labute approximate surface area is 145 Å². The van der Waals surface area contributed by atoms with Crippen LogP contribution >= 0.6 is 27.7 Å². The van der Waals surface area contributed by atoms with Crippen molar-refractivity contribution in [1.29, 1.82) is 0 Å². The maximum Gasteiger partial charge on any atom is 0.223 e. The van der Waals surface area contributed by atoms with Gasteiger partial charge in [0.05, 0.1) is 6.04 Å². The number of carbonyl (C=O) groups is 1. The van der Waals surface area contributed by atoms with Crippen LogP contribution in [0.4, 0.5) is 0 Å². The van der Waals surface area contributed by atoms with Crippen LogP contribution in [0.25, 0.3) is 0 Å². The zero-order valence-corrected chi connectivity index (χ0v) is 15.3. The second-order valence-corrected chi connectivity index (χ2v) is 8.45. The number of nitrogens with two attached hydrogens (primary N) is 1. The van der Waals surface area contributed by atoms with Crippen LogP contribution in [0.5, 0.6) is 0 Å². The van der Waals surface area contributed by atoms with Crippen LogP contribution in [-0.4, -0.2) is 29.6 Å². The minimum absolute atomic E-state index is 0.193. The Morgan fingerprint density at radius 1 is 1.41 bits per heavy atom. The Hall–Kier alpha value is -0.520. The number of hydrogen-bond acceptors (Lipinski definition) is 3. The summed E-state index contributed by atoms with van der Waals surface area (Å²) in [5, 5.41) is 0. The number of rotatable bonds is 3. The molecule has 1 unspecified atom stereocenters. The summed E-state index contributed by atoms with van der Waals surface area (Å²) < 4.78 is 1.08. The van der Waals surface area contributed by atoms with Gasteiger partial charge in [0.25, 0.3) is 0 Å². The standard InChI is InChI=1S/C17H23BrN2OS/c1-20(17(21)9-11-3-2-4-14(11)19)15-7-8-22-16-6-5-12(18)10-13(15)16/h5-6,10-11,14-15H,2-4,7-9,19H2,1H3/t11-,14+,15?/m0/s1. The van der Waals surface area contributed by atoms with Gasteiger partial charge in [-0.15, -0.1) is 11.8 Å². The quantitative estimate of drug-likeness (QED) is 0.860. The van der Waals surface area contributed by atoms with Gasteiger partial charge in [-0.3, -0.25) is 4.79 Å². The molecule has 0 spiro atoms. The van der Waals surface area contributed by atoms with Gasteiger partial charge < -0.3 is 10.6 Å². The molecule has 1 amide bonds. The molecule has 1 fully saturated rings. The predicted molar refractivity (Wildman–Crippen MR) is 94.9 cm³/mol. The molecule has 5 heteroatoms. The highest BCUT2D eigenvalue weighted by Gasteiger charge is 2.31. The molecule has 3 rings (SSSR count). The first-order chi connectivity index (χ1) is 10.6. The molecule has 0 radical (unpaired) electrons. The highest BCUT2D eigenvalue weighted by Crippen LogP contribution is 2.40. The Bertz CT molecular complexity index is 566. The van der Waals surface area contributed by atoms with E-state index in [1.807, 2.05) is 23.7 Å². The van der Waals surface area contributed by atoms with Gasteiger partial charge in [-0.1, -0.05) is 22.4 Å². The van der Waals surface area contributed by atoms with Crippen LogP contribution in [0.2, 0.25) is 0 Å². The molecule has 1 saturated carbocycles. The second kappa shape index (κ2) is 6.93. The summed E-state index contributed by atoms with van der Waals surface area (Å²) in [7, 11) is 1.95. The van der Waals surface area contributed by atoms with Crippen LogP contribution in [0.15, 0.2) is 27.6 Å². The lowest BCUT2D eigenvalue weighted by atomic mass is 9.97. The van der Waals surface area contributed by atoms with Crippen molar-refractivity contribution in [3.05, 3.63) is 28.2 Å². The molecular weight excluding hydrogens is 360 g/mol. The normalized spacial score (nSPS) is 27.5. The van der Waals surface area contributed by atoms with Crippen LogP contribution in [0, 0.1) is 5.92 Å². The van der Waals surface area contributed by atoms with E-state index in [4.69, 9.17) is 5.73 Å². The van der Waals surface area contributed by atoms with Crippen molar-refractivity contribution < 1.29 is 4.79 Å². The lowest BCUT2D eigenvalue weighted by molar-refractivity contribution is -0.133. The molecular formula is C17H23BrN2OS. The predicted octanol–water partition coefficient (Wildman–Crippen LogP) is 3.96. The first-order valence-corrected chi connectivity index (χ1v) is 9.77. The van der Waals surface area contributed by atoms with Gasteiger partial charge in [0.2, 0.25) is 5.91 Å². The Morgan fingerprint density at radius 2 is 2.23 bits per heavy atom. The van der Waals surface area contributed by atoms with Gasteiger partial charge in [0.1, 0.15) is 0 Å². The molecule has 0 bridgehead atoms. The van der Waals surface area contributed by atoms with Gasteiger partial charge in [-0.25, -0.2) is 0 Å². The third-order valence-electron chi connectivity index (χ3n) is 5.00. The average Bonchev–Trinajstić information content (AvgIpc) is 2.91. The number of halogens is 1. The summed E-state index contributed by atoms with van der Waals surface area (Å²) in [4.78, 5) is 15.9. The van der Waals surface area contributed by atoms with E-state index in [9.17, 15) is 4.79 Å². The Kier molecular flexibility index (Phi) is 5.15. The number of nitrogens with zero attached hydrogens (tertiary/aromatic N) is 1. The van der Waals surface area contributed by atoms with Crippen LogP contribution in [-0.2, 0) is 4.79 Å². The zero-order valence-electron chi connectivity index (χ0n) is 12.9. The van der Waals surface area contributed by atoms with Crippen LogP contribution in [0.3, 0.4) is 0 Å². The van der Waals surface area contributed by atoms with Crippen molar-refractivity contribution in [3.63, 3.8) is 0 Å². The molecule has 120 valence electrons. The summed E-state index contributed by atoms with van der Waals surface area (Å²) in [6, 6.07) is 6.80. The maximum atomic E-state index is 12.7. The van der Waals surface area contributed by atoms with Crippen molar-refractivity contribution in [2.75, 3.05) is 12.8 Å². The minimum Gasteiger partial charge on any atom is -0.339 e. The van der Waals surface area contributed by atoms with E-state index in [-0.39, 0.29) is 18.0 Å². The SMILES string of the molecule is CN(C(=O)C[C@@H]1CCC[C@H]1N)C1CCSc2ccc(Br)cc21. The topological polar surface area (TPSA) is 46.3 Å². The monoisotopic (exact) mass is 382 g/mol. The fourth-order valence-corrected chi connectivity index (χ4v) is 5.08. The second-order valence-electron chi connectivity index (χ2n) is 6.40. The third kappa shape index (κ3) is 3.36. The number of benzene rings is 1. The molecule has 1 aromatic rings. The average molecular weight is 383 g/mol. The summed E-state index contributed by atoms with van der Waals surface area (Å²) in [6.45, 7) is 0. The van der Waals surface area contributed by atoms with E-state index in [1.54, 1.807) is 0 Å². The molecule has 1 aliphatic carbocycles. The van der Waals surface area contributed by atoms with Gasteiger partial charge in [0.15, 0.2) is 0 Å². The number of hydrogen-bond donors (Lipinski definition) is 1. The molecule has 0 saturated heterocycles. The number of fused-ring (bicyclic) bond motifs is 1. The fraction of sp³-hybridized carbons (Fsp3) is 0.588. The van der Waals surface area contributed by atoms with Crippen molar-refractivity contribution >= 4 is 33.6 Å². The lowest BCUT2D eigenvalue weighted by Gasteiger charge is -2.34. The molecule has 3 atom stereocenters. The van der Waals surface area contributed by atoms with Crippen LogP contribution < -0.4 is 5.73 Å². The Morgan fingerprint density at radius 3 is 2.95 bits per heavy atom. The third-order valence-corrected chi connectivity index (χ3v) is 6.61. The van der Waals surface area contributed by atoms with E-state index in [2.05, 4.69) is 34.1 Å². The van der Waals surface area contributed by atoms with Crippen molar-refractivity contribution in [3.8, 4) is 0 Å². The molecule has 1 aliphatic heterocycles. The first-order valence-electron chi connectivity index (χ1n) is 7.99. The minimum atomic E-state index is 0.193. The van der Waals surface area contributed by atoms with E-state index in [0.29, 0.717) is 12.3 Å². The van der Waals surface area contributed by atoms with Crippen molar-refractivity contribution in [1.82, 2.24) is 4.90 Å². The van der Waals surface area contributed by atoms with Crippen molar-refractivity contribution in [2.24, 2.45) is 11.7 Å². The van der Waals surface area contributed by atoms with E-state index < -0.39 is 0 Å². The molecule has 22 heavy (non-hydrogen) atoms. The first kappa shape index (κ1) is 16.3. The van der Waals surface area contributed by atoms with E-state index in [1.165, 1.54) is 16.9 Å². The van der Waals surface area contributed by atoms with E-state index in [0.717, 1.165) is 29.5 Å². The molecule has 1 aromatic carbocycles. The summed E-state index contributed by atoms with van der Waals surface area (Å²) >= 11 is 5.44. The van der Waals surface area contributed by atoms with Gasteiger partial charge in [0, 0.05) is 34.6 Å². The summed E-state index contributed by atoms with van der Waals surface area (Å²) in [6.07, 6.45) is 4.96. The largest absolute Gasteiger partial charge is 0.339 e. The molecule has 3 nitrogen and oxygen atoms in total.